The fourth-order valence-corrected chi connectivity index (χ4v) is 1.04. The predicted octanol–water partition coefficient (Wildman–Crippen LogP) is 1.79. The lowest BCUT2D eigenvalue weighted by Crippen LogP contribution is -2.31. The molecule has 0 saturated heterocycles. The molecule has 0 aliphatic carbocycles. The summed E-state index contributed by atoms with van der Waals surface area (Å²) >= 11 is 5.39. The van der Waals surface area contributed by atoms with Gasteiger partial charge in [0.15, 0.2) is 0 Å². The van der Waals surface area contributed by atoms with Crippen molar-refractivity contribution in [3.05, 3.63) is 24.3 Å². The Balaban J connectivity index is 3.93. The minimum atomic E-state index is -0.225. The van der Waals surface area contributed by atoms with Crippen LogP contribution in [0.2, 0.25) is 0 Å². The molecule has 0 heterocycles. The molecule has 14 heavy (non-hydrogen) atoms. The fraction of sp³-hybridized carbons (Fsp3) is 0.500. The van der Waals surface area contributed by atoms with E-state index in [-0.39, 0.29) is 12.5 Å². The van der Waals surface area contributed by atoms with E-state index in [1.54, 1.807) is 19.1 Å². The van der Waals surface area contributed by atoms with Gasteiger partial charge in [-0.15, -0.1) is 6.58 Å². The summed E-state index contributed by atoms with van der Waals surface area (Å²) in [5, 5.41) is 0. The van der Waals surface area contributed by atoms with Crippen LogP contribution in [0.25, 0.3) is 0 Å². The van der Waals surface area contributed by atoms with Crippen LogP contribution in [0.15, 0.2) is 24.3 Å². The largest absolute Gasteiger partial charge is 0.465 e. The van der Waals surface area contributed by atoms with Crippen molar-refractivity contribution in [2.75, 3.05) is 26.2 Å². The Labute approximate surface area is 90.0 Å². The van der Waals surface area contributed by atoms with Crippen molar-refractivity contribution in [2.45, 2.75) is 6.92 Å². The molecule has 0 radical (unpaired) electrons. The number of hydrogen-bond donors (Lipinski definition) is 0. The van der Waals surface area contributed by atoms with Crippen LogP contribution >= 0.6 is 11.6 Å². The quantitative estimate of drug-likeness (QED) is 0.481. The van der Waals surface area contributed by atoms with Crippen molar-refractivity contribution in [2.24, 2.45) is 0 Å². The zero-order valence-corrected chi connectivity index (χ0v) is 9.17. The van der Waals surface area contributed by atoms with E-state index < -0.39 is 0 Å². The molecule has 0 spiro atoms. The maximum atomic E-state index is 11.1. The van der Waals surface area contributed by atoms with Gasteiger partial charge in [-0.1, -0.05) is 23.8 Å². The second kappa shape index (κ2) is 8.78. The van der Waals surface area contributed by atoms with Gasteiger partial charge >= 0.3 is 5.97 Å². The van der Waals surface area contributed by atoms with Crippen LogP contribution < -0.4 is 0 Å². The highest BCUT2D eigenvalue weighted by molar-refractivity contribution is 6.25. The van der Waals surface area contributed by atoms with Crippen LogP contribution in [0.5, 0.6) is 0 Å². The standard InChI is InChI=1S/C10H16ClNO2/c1-3-7-12(8-5-6-11)9-10(13)14-4-2/h3,5-6H,1,4,7-9H2,2H3/b6-5+. The van der Waals surface area contributed by atoms with E-state index in [0.717, 1.165) is 0 Å². The second-order valence-electron chi connectivity index (χ2n) is 2.65. The lowest BCUT2D eigenvalue weighted by molar-refractivity contribution is -0.144. The smallest absolute Gasteiger partial charge is 0.320 e. The second-order valence-corrected chi connectivity index (χ2v) is 2.90. The summed E-state index contributed by atoms with van der Waals surface area (Å²) in [6.45, 7) is 7.33. The Bertz CT molecular complexity index is 204. The Kier molecular flexibility index (Phi) is 8.28. The van der Waals surface area contributed by atoms with Crippen LogP contribution in [-0.4, -0.2) is 37.1 Å². The van der Waals surface area contributed by atoms with Crippen molar-refractivity contribution in [3.8, 4) is 0 Å². The van der Waals surface area contributed by atoms with Crippen LogP contribution in [0.4, 0.5) is 0 Å². The molecule has 0 rings (SSSR count). The van der Waals surface area contributed by atoms with Gasteiger partial charge in [-0.05, 0) is 6.92 Å². The summed E-state index contributed by atoms with van der Waals surface area (Å²) < 4.78 is 4.83. The normalized spacial score (nSPS) is 10.8. The van der Waals surface area contributed by atoms with Crippen LogP contribution in [0.3, 0.4) is 0 Å². The van der Waals surface area contributed by atoms with Gasteiger partial charge in [0.25, 0.3) is 0 Å². The number of nitrogens with zero attached hydrogens (tertiary/aromatic N) is 1. The van der Waals surface area contributed by atoms with Gasteiger partial charge in [0.2, 0.25) is 0 Å². The maximum Gasteiger partial charge on any atom is 0.320 e. The molecule has 0 aliphatic heterocycles. The van der Waals surface area contributed by atoms with Gasteiger partial charge < -0.3 is 4.74 Å². The van der Waals surface area contributed by atoms with E-state index in [1.165, 1.54) is 5.54 Å². The Morgan fingerprint density at radius 3 is 2.79 bits per heavy atom. The van der Waals surface area contributed by atoms with Crippen LogP contribution in [0, 0.1) is 0 Å². The monoisotopic (exact) mass is 217 g/mol. The molecule has 0 amide bonds. The molecular formula is C10H16ClNO2. The molecule has 0 unspecified atom stereocenters. The number of ether oxygens (including phenoxy) is 1. The molecule has 0 saturated carbocycles. The summed E-state index contributed by atoms with van der Waals surface area (Å²) in [5.41, 5.74) is 1.43. The first kappa shape index (κ1) is 13.2. The molecule has 4 heteroatoms. The molecule has 80 valence electrons. The highest BCUT2D eigenvalue weighted by Crippen LogP contribution is 1.92. The van der Waals surface area contributed by atoms with E-state index in [2.05, 4.69) is 6.58 Å². The number of halogens is 1. The molecule has 0 aliphatic rings. The van der Waals surface area contributed by atoms with Gasteiger partial charge in [-0.25, -0.2) is 0 Å². The zero-order chi connectivity index (χ0) is 10.8. The first-order valence-electron chi connectivity index (χ1n) is 4.48. The molecule has 0 N–H and O–H groups in total. The summed E-state index contributed by atoms with van der Waals surface area (Å²) in [7, 11) is 0. The first-order chi connectivity index (χ1) is 6.74. The average Bonchev–Trinajstić information content (AvgIpc) is 2.15. The van der Waals surface area contributed by atoms with Gasteiger partial charge in [0, 0.05) is 18.6 Å². The van der Waals surface area contributed by atoms with E-state index in [9.17, 15) is 4.79 Å². The van der Waals surface area contributed by atoms with Crippen molar-refractivity contribution in [3.63, 3.8) is 0 Å². The number of carbonyl (C=O) groups excluding carboxylic acids is 1. The van der Waals surface area contributed by atoms with Crippen molar-refractivity contribution < 1.29 is 9.53 Å². The van der Waals surface area contributed by atoms with E-state index in [4.69, 9.17) is 16.3 Å². The van der Waals surface area contributed by atoms with Crippen LogP contribution in [0.1, 0.15) is 6.92 Å². The Morgan fingerprint density at radius 2 is 2.29 bits per heavy atom. The Hall–Kier alpha value is -0.800. The predicted molar refractivity (Wildman–Crippen MR) is 58.3 cm³/mol. The molecule has 0 fully saturated rings. The highest BCUT2D eigenvalue weighted by Gasteiger charge is 2.07. The molecule has 0 aromatic carbocycles. The van der Waals surface area contributed by atoms with Gasteiger partial charge in [-0.2, -0.15) is 0 Å². The molecule has 0 bridgehead atoms. The fourth-order valence-electron chi connectivity index (χ4n) is 0.964. The zero-order valence-electron chi connectivity index (χ0n) is 8.41. The minimum Gasteiger partial charge on any atom is -0.465 e. The topological polar surface area (TPSA) is 29.5 Å². The lowest BCUT2D eigenvalue weighted by atomic mass is 10.4. The Morgan fingerprint density at radius 1 is 1.57 bits per heavy atom. The van der Waals surface area contributed by atoms with Gasteiger partial charge in [0.1, 0.15) is 0 Å². The van der Waals surface area contributed by atoms with Crippen LogP contribution in [-0.2, 0) is 9.53 Å². The number of esters is 1. The number of rotatable bonds is 7. The minimum absolute atomic E-state index is 0.225. The van der Waals surface area contributed by atoms with Gasteiger partial charge in [-0.3, -0.25) is 9.69 Å². The third-order valence-corrected chi connectivity index (χ3v) is 1.68. The van der Waals surface area contributed by atoms with Crippen molar-refractivity contribution in [1.29, 1.82) is 0 Å². The van der Waals surface area contributed by atoms with Crippen molar-refractivity contribution >= 4 is 17.6 Å². The summed E-state index contributed by atoms with van der Waals surface area (Å²) in [6.07, 6.45) is 3.51. The summed E-state index contributed by atoms with van der Waals surface area (Å²) in [6, 6.07) is 0. The highest BCUT2D eigenvalue weighted by atomic mass is 35.5. The van der Waals surface area contributed by atoms with E-state index >= 15 is 0 Å². The third kappa shape index (κ3) is 6.69. The summed E-state index contributed by atoms with van der Waals surface area (Å²) in [4.78, 5) is 13.0. The molecule has 0 atom stereocenters. The molecule has 3 nitrogen and oxygen atoms in total. The lowest BCUT2D eigenvalue weighted by Gasteiger charge is -2.16. The maximum absolute atomic E-state index is 11.1. The molecule has 0 aromatic heterocycles. The van der Waals surface area contributed by atoms with E-state index in [1.807, 2.05) is 4.90 Å². The average molecular weight is 218 g/mol. The summed E-state index contributed by atoms with van der Waals surface area (Å²) in [5.74, 6) is -0.225. The number of carbonyl (C=O) groups is 1. The third-order valence-electron chi connectivity index (χ3n) is 1.50. The first-order valence-corrected chi connectivity index (χ1v) is 4.92. The van der Waals surface area contributed by atoms with Gasteiger partial charge in [0.05, 0.1) is 13.2 Å². The SMILES string of the molecule is C=CCN(C/C=C/Cl)CC(=O)OCC. The number of hydrogen-bond acceptors (Lipinski definition) is 3. The van der Waals surface area contributed by atoms with E-state index in [0.29, 0.717) is 19.7 Å². The van der Waals surface area contributed by atoms with Crippen molar-refractivity contribution in [1.82, 2.24) is 4.90 Å². The molecule has 0 aromatic rings. The molecular weight excluding hydrogens is 202 g/mol.